The number of hydrogen-bond donors (Lipinski definition) is 0. The fourth-order valence-electron chi connectivity index (χ4n) is 1.39. The molecule has 0 saturated heterocycles. The normalized spacial score (nSPS) is 10.3. The van der Waals surface area contributed by atoms with Crippen molar-refractivity contribution in [2.24, 2.45) is 0 Å². The Morgan fingerprint density at radius 3 is 2.79 bits per heavy atom. The van der Waals surface area contributed by atoms with Gasteiger partial charge >= 0.3 is 5.97 Å². The molecule has 0 aliphatic rings. The van der Waals surface area contributed by atoms with Gasteiger partial charge in [-0.2, -0.15) is 0 Å². The lowest BCUT2D eigenvalue weighted by Gasteiger charge is -2.06. The van der Waals surface area contributed by atoms with Gasteiger partial charge in [-0.05, 0) is 30.3 Å². The Labute approximate surface area is 118 Å². The zero-order valence-electron chi connectivity index (χ0n) is 9.57. The van der Waals surface area contributed by atoms with Crippen LogP contribution in [0.3, 0.4) is 0 Å². The van der Waals surface area contributed by atoms with Gasteiger partial charge < -0.3 is 4.74 Å². The number of halogens is 3. The molecule has 0 radical (unpaired) electrons. The molecule has 0 saturated carbocycles. The Bertz CT molecular complexity index is 619. The minimum absolute atomic E-state index is 0.123. The van der Waals surface area contributed by atoms with E-state index in [9.17, 15) is 9.18 Å². The molecule has 2 rings (SSSR count). The molecule has 0 unspecified atom stereocenters. The number of pyridine rings is 1. The second-order valence-corrected chi connectivity index (χ2v) is 4.44. The molecular formula is C13H8Cl2FNO2. The van der Waals surface area contributed by atoms with E-state index in [1.807, 2.05) is 0 Å². The molecule has 0 atom stereocenters. The number of carbonyl (C=O) groups excluding carboxylic acids is 1. The Morgan fingerprint density at radius 1 is 1.26 bits per heavy atom. The topological polar surface area (TPSA) is 39.2 Å². The summed E-state index contributed by atoms with van der Waals surface area (Å²) in [5.41, 5.74) is 0.470. The second-order valence-electron chi connectivity index (χ2n) is 3.65. The van der Waals surface area contributed by atoms with Crippen molar-refractivity contribution in [3.8, 4) is 0 Å². The van der Waals surface area contributed by atoms with Crippen molar-refractivity contribution in [3.05, 3.63) is 63.6 Å². The van der Waals surface area contributed by atoms with Crippen LogP contribution in [0.2, 0.25) is 10.2 Å². The summed E-state index contributed by atoms with van der Waals surface area (Å²) in [6.45, 7) is -0.130. The third kappa shape index (κ3) is 3.66. The summed E-state index contributed by atoms with van der Waals surface area (Å²) in [7, 11) is 0. The molecule has 0 fully saturated rings. The summed E-state index contributed by atoms with van der Waals surface area (Å²) in [5.74, 6) is -1.16. The number of hydrogen-bond acceptors (Lipinski definition) is 3. The van der Waals surface area contributed by atoms with E-state index in [0.29, 0.717) is 10.7 Å². The second kappa shape index (κ2) is 5.99. The standard InChI is InChI=1S/C13H8Cl2FNO2/c14-10-4-5-12(15)17-11(10)7-19-13(18)8-2-1-3-9(16)6-8/h1-6H,7H2. The molecule has 98 valence electrons. The van der Waals surface area contributed by atoms with Gasteiger partial charge in [-0.25, -0.2) is 14.2 Å². The number of rotatable bonds is 3. The fourth-order valence-corrected chi connectivity index (χ4v) is 1.72. The number of esters is 1. The van der Waals surface area contributed by atoms with Crippen LogP contribution < -0.4 is 0 Å². The fraction of sp³-hybridized carbons (Fsp3) is 0.0769. The summed E-state index contributed by atoms with van der Waals surface area (Å²) in [6.07, 6.45) is 0. The molecule has 1 aromatic heterocycles. The number of nitrogens with zero attached hydrogens (tertiary/aromatic N) is 1. The zero-order chi connectivity index (χ0) is 13.8. The highest BCUT2D eigenvalue weighted by atomic mass is 35.5. The molecule has 2 aromatic rings. The van der Waals surface area contributed by atoms with Crippen LogP contribution in [0.15, 0.2) is 36.4 Å². The van der Waals surface area contributed by atoms with Crippen molar-refractivity contribution in [1.29, 1.82) is 0 Å². The summed E-state index contributed by atoms with van der Waals surface area (Å²) in [4.78, 5) is 15.6. The monoisotopic (exact) mass is 299 g/mol. The number of aromatic nitrogens is 1. The Balaban J connectivity index is 2.06. The number of benzene rings is 1. The molecular weight excluding hydrogens is 292 g/mol. The molecule has 0 N–H and O–H groups in total. The molecule has 0 amide bonds. The van der Waals surface area contributed by atoms with Gasteiger partial charge in [0.2, 0.25) is 0 Å². The molecule has 0 bridgehead atoms. The lowest BCUT2D eigenvalue weighted by Crippen LogP contribution is -2.06. The minimum Gasteiger partial charge on any atom is -0.456 e. The summed E-state index contributed by atoms with van der Waals surface area (Å²) in [5, 5.41) is 0.595. The molecule has 0 aliphatic carbocycles. The van der Waals surface area contributed by atoms with Crippen molar-refractivity contribution in [2.75, 3.05) is 0 Å². The molecule has 0 aliphatic heterocycles. The molecule has 19 heavy (non-hydrogen) atoms. The summed E-state index contributed by atoms with van der Waals surface area (Å²) < 4.78 is 17.9. The zero-order valence-corrected chi connectivity index (χ0v) is 11.1. The van der Waals surface area contributed by atoms with Crippen LogP contribution in [0.1, 0.15) is 16.1 Å². The van der Waals surface area contributed by atoms with Crippen LogP contribution in [0.5, 0.6) is 0 Å². The van der Waals surface area contributed by atoms with Gasteiger partial charge in [0, 0.05) is 0 Å². The Morgan fingerprint density at radius 2 is 2.05 bits per heavy atom. The first-order valence-electron chi connectivity index (χ1n) is 5.30. The first-order chi connectivity index (χ1) is 9.06. The molecule has 0 spiro atoms. The maximum Gasteiger partial charge on any atom is 0.338 e. The average Bonchev–Trinajstić information content (AvgIpc) is 2.39. The number of carbonyl (C=O) groups is 1. The maximum absolute atomic E-state index is 12.9. The van der Waals surface area contributed by atoms with E-state index in [4.69, 9.17) is 27.9 Å². The van der Waals surface area contributed by atoms with Gasteiger partial charge in [0.1, 0.15) is 17.6 Å². The lowest BCUT2D eigenvalue weighted by atomic mass is 10.2. The van der Waals surface area contributed by atoms with Gasteiger partial charge in [0.05, 0.1) is 16.3 Å². The summed E-state index contributed by atoms with van der Waals surface area (Å²) >= 11 is 11.6. The van der Waals surface area contributed by atoms with Crippen LogP contribution in [-0.2, 0) is 11.3 Å². The van der Waals surface area contributed by atoms with Crippen LogP contribution in [0, 0.1) is 5.82 Å². The van der Waals surface area contributed by atoms with Crippen molar-refractivity contribution in [1.82, 2.24) is 4.98 Å². The van der Waals surface area contributed by atoms with E-state index < -0.39 is 11.8 Å². The van der Waals surface area contributed by atoms with Gasteiger partial charge in [0.15, 0.2) is 0 Å². The van der Waals surface area contributed by atoms with Gasteiger partial charge in [-0.15, -0.1) is 0 Å². The average molecular weight is 300 g/mol. The maximum atomic E-state index is 12.9. The molecule has 1 heterocycles. The Kier molecular flexibility index (Phi) is 4.35. The van der Waals surface area contributed by atoms with E-state index in [1.54, 1.807) is 6.07 Å². The quantitative estimate of drug-likeness (QED) is 0.638. The smallest absolute Gasteiger partial charge is 0.338 e. The third-order valence-electron chi connectivity index (χ3n) is 2.28. The van der Waals surface area contributed by atoms with Crippen molar-refractivity contribution >= 4 is 29.2 Å². The van der Waals surface area contributed by atoms with E-state index in [2.05, 4.69) is 4.98 Å². The molecule has 1 aromatic carbocycles. The Hall–Kier alpha value is -1.65. The van der Waals surface area contributed by atoms with Gasteiger partial charge in [0.25, 0.3) is 0 Å². The van der Waals surface area contributed by atoms with Crippen molar-refractivity contribution in [3.63, 3.8) is 0 Å². The minimum atomic E-state index is -0.655. The highest BCUT2D eigenvalue weighted by molar-refractivity contribution is 6.32. The largest absolute Gasteiger partial charge is 0.456 e. The first-order valence-corrected chi connectivity index (χ1v) is 6.05. The van der Waals surface area contributed by atoms with Gasteiger partial charge in [-0.1, -0.05) is 29.3 Å². The van der Waals surface area contributed by atoms with E-state index in [-0.39, 0.29) is 17.3 Å². The SMILES string of the molecule is O=C(OCc1nc(Cl)ccc1Cl)c1cccc(F)c1. The van der Waals surface area contributed by atoms with E-state index in [0.717, 1.165) is 6.07 Å². The van der Waals surface area contributed by atoms with Crippen molar-refractivity contribution in [2.45, 2.75) is 6.61 Å². The van der Waals surface area contributed by atoms with E-state index in [1.165, 1.54) is 24.3 Å². The number of ether oxygens (including phenoxy) is 1. The van der Waals surface area contributed by atoms with Crippen molar-refractivity contribution < 1.29 is 13.9 Å². The van der Waals surface area contributed by atoms with Crippen LogP contribution >= 0.6 is 23.2 Å². The summed E-state index contributed by atoms with van der Waals surface area (Å²) in [6, 6.07) is 8.31. The van der Waals surface area contributed by atoms with Gasteiger partial charge in [-0.3, -0.25) is 0 Å². The molecule has 3 nitrogen and oxygen atoms in total. The van der Waals surface area contributed by atoms with E-state index >= 15 is 0 Å². The lowest BCUT2D eigenvalue weighted by molar-refractivity contribution is 0.0467. The highest BCUT2D eigenvalue weighted by Crippen LogP contribution is 2.18. The molecule has 6 heteroatoms. The predicted octanol–water partition coefficient (Wildman–Crippen LogP) is 3.88. The van der Waals surface area contributed by atoms with Crippen LogP contribution in [-0.4, -0.2) is 11.0 Å². The third-order valence-corrected chi connectivity index (χ3v) is 2.84. The first kappa shape index (κ1) is 13.8. The van der Waals surface area contributed by atoms with Crippen LogP contribution in [0.4, 0.5) is 4.39 Å². The highest BCUT2D eigenvalue weighted by Gasteiger charge is 2.10. The predicted molar refractivity (Wildman–Crippen MR) is 69.8 cm³/mol. The van der Waals surface area contributed by atoms with Crippen LogP contribution in [0.25, 0.3) is 0 Å².